The molecule has 126 valence electrons. The molecule has 0 aliphatic carbocycles. The fourth-order valence-electron chi connectivity index (χ4n) is 2.52. The summed E-state index contributed by atoms with van der Waals surface area (Å²) in [6, 6.07) is 4.31. The molecule has 1 atom stereocenters. The molecule has 0 saturated heterocycles. The fraction of sp³-hybridized carbons (Fsp3) is 0.438. The predicted molar refractivity (Wildman–Crippen MR) is 79.3 cm³/mol. The van der Waals surface area contributed by atoms with Gasteiger partial charge in [0.1, 0.15) is 11.4 Å². The summed E-state index contributed by atoms with van der Waals surface area (Å²) < 4.78 is 48.6. The van der Waals surface area contributed by atoms with Crippen molar-refractivity contribution in [1.82, 2.24) is 0 Å². The average molecular weight is 329 g/mol. The molecule has 2 rings (SSSR count). The minimum absolute atomic E-state index is 0.0233. The Labute approximate surface area is 132 Å². The second-order valence-corrected chi connectivity index (χ2v) is 5.52. The van der Waals surface area contributed by atoms with Crippen LogP contribution in [0.2, 0.25) is 0 Å². The molecule has 0 radical (unpaired) electrons. The number of nitrogens with one attached hydrogen (secondary N) is 1. The maximum Gasteiger partial charge on any atom is 0.471 e. The van der Waals surface area contributed by atoms with Gasteiger partial charge >= 0.3 is 12.1 Å². The van der Waals surface area contributed by atoms with Crippen LogP contribution in [-0.2, 0) is 15.1 Å². The maximum atomic E-state index is 12.4. The third kappa shape index (κ3) is 3.67. The Morgan fingerprint density at radius 3 is 2.74 bits per heavy atom. The zero-order valence-electron chi connectivity index (χ0n) is 12.9. The molecule has 1 aliphatic rings. The van der Waals surface area contributed by atoms with E-state index in [-0.39, 0.29) is 11.8 Å². The van der Waals surface area contributed by atoms with Crippen LogP contribution >= 0.6 is 0 Å². The van der Waals surface area contributed by atoms with E-state index in [0.29, 0.717) is 24.3 Å². The molecule has 0 fully saturated rings. The topological polar surface area (TPSA) is 47.6 Å². The monoisotopic (exact) mass is 329 g/mol. The molecule has 0 aromatic heterocycles. The first kappa shape index (κ1) is 17.3. The van der Waals surface area contributed by atoms with E-state index in [2.05, 4.69) is 6.58 Å². The first-order valence-corrected chi connectivity index (χ1v) is 7.15. The molecule has 1 aromatic carbocycles. The number of hydrogen-bond acceptors (Lipinski definition) is 3. The SMILES string of the molecule is C=CC1(OC(C)C)CCOc2ccc(NC(=O)C(F)(F)F)cc21. The molecule has 1 aromatic rings. The normalized spacial score (nSPS) is 20.6. The van der Waals surface area contributed by atoms with Gasteiger partial charge in [-0.1, -0.05) is 12.7 Å². The zero-order valence-corrected chi connectivity index (χ0v) is 12.9. The van der Waals surface area contributed by atoms with Crippen molar-refractivity contribution in [2.75, 3.05) is 11.9 Å². The zero-order chi connectivity index (χ0) is 17.3. The highest BCUT2D eigenvalue weighted by atomic mass is 19.4. The highest BCUT2D eigenvalue weighted by Crippen LogP contribution is 2.42. The molecule has 1 aliphatic heterocycles. The summed E-state index contributed by atoms with van der Waals surface area (Å²) in [5.74, 6) is -1.52. The van der Waals surface area contributed by atoms with Crippen molar-refractivity contribution in [2.45, 2.75) is 38.1 Å². The third-order valence-corrected chi connectivity index (χ3v) is 3.46. The Bertz CT molecular complexity index is 613. The molecular weight excluding hydrogens is 311 g/mol. The summed E-state index contributed by atoms with van der Waals surface area (Å²) in [4.78, 5) is 11.1. The van der Waals surface area contributed by atoms with E-state index in [9.17, 15) is 18.0 Å². The largest absolute Gasteiger partial charge is 0.493 e. The highest BCUT2D eigenvalue weighted by Gasteiger charge is 2.40. The number of amides is 1. The van der Waals surface area contributed by atoms with Crippen molar-refractivity contribution in [2.24, 2.45) is 0 Å². The van der Waals surface area contributed by atoms with E-state index in [1.54, 1.807) is 6.08 Å². The van der Waals surface area contributed by atoms with E-state index in [0.717, 1.165) is 0 Å². The van der Waals surface area contributed by atoms with Crippen LogP contribution in [0.3, 0.4) is 0 Å². The third-order valence-electron chi connectivity index (χ3n) is 3.46. The summed E-state index contributed by atoms with van der Waals surface area (Å²) in [6.07, 6.45) is -2.97. The quantitative estimate of drug-likeness (QED) is 0.855. The van der Waals surface area contributed by atoms with Gasteiger partial charge in [0, 0.05) is 17.7 Å². The molecule has 0 bridgehead atoms. The smallest absolute Gasteiger partial charge is 0.471 e. The minimum Gasteiger partial charge on any atom is -0.493 e. The summed E-state index contributed by atoms with van der Waals surface area (Å²) >= 11 is 0. The van der Waals surface area contributed by atoms with Gasteiger partial charge in [0.2, 0.25) is 0 Å². The van der Waals surface area contributed by atoms with Gasteiger partial charge in [0.25, 0.3) is 0 Å². The number of fused-ring (bicyclic) bond motifs is 1. The molecule has 1 unspecified atom stereocenters. The van der Waals surface area contributed by atoms with E-state index in [1.807, 2.05) is 19.2 Å². The summed E-state index contributed by atoms with van der Waals surface area (Å²) in [7, 11) is 0. The van der Waals surface area contributed by atoms with Gasteiger partial charge in [0.05, 0.1) is 12.7 Å². The van der Waals surface area contributed by atoms with E-state index in [1.165, 1.54) is 18.2 Å². The second-order valence-electron chi connectivity index (χ2n) is 5.52. The lowest BCUT2D eigenvalue weighted by molar-refractivity contribution is -0.167. The Balaban J connectivity index is 2.39. The van der Waals surface area contributed by atoms with Gasteiger partial charge in [0.15, 0.2) is 0 Å². The molecule has 7 heteroatoms. The summed E-state index contributed by atoms with van der Waals surface area (Å²) in [5, 5.41) is 1.84. The van der Waals surface area contributed by atoms with E-state index in [4.69, 9.17) is 9.47 Å². The van der Waals surface area contributed by atoms with Crippen LogP contribution < -0.4 is 10.1 Å². The van der Waals surface area contributed by atoms with Crippen LogP contribution in [-0.4, -0.2) is 24.8 Å². The molecule has 1 N–H and O–H groups in total. The lowest BCUT2D eigenvalue weighted by atomic mass is 9.87. The van der Waals surface area contributed by atoms with Gasteiger partial charge in [-0.25, -0.2) is 0 Å². The standard InChI is InChI=1S/C16H18F3NO3/c1-4-15(23-10(2)3)7-8-22-13-6-5-11(9-12(13)15)20-14(21)16(17,18)19/h4-6,9-10H,1,7-8H2,2-3H3,(H,20,21). The molecule has 0 spiro atoms. The Morgan fingerprint density at radius 2 is 2.17 bits per heavy atom. The maximum absolute atomic E-state index is 12.4. The van der Waals surface area contributed by atoms with Crippen LogP contribution in [0.15, 0.2) is 30.9 Å². The van der Waals surface area contributed by atoms with Crippen molar-refractivity contribution in [1.29, 1.82) is 0 Å². The van der Waals surface area contributed by atoms with Crippen molar-refractivity contribution >= 4 is 11.6 Å². The number of halogens is 3. The van der Waals surface area contributed by atoms with Gasteiger partial charge in [-0.2, -0.15) is 13.2 Å². The molecule has 4 nitrogen and oxygen atoms in total. The predicted octanol–water partition coefficient (Wildman–Crippen LogP) is 3.78. The number of carbonyl (C=O) groups excluding carboxylic acids is 1. The van der Waals surface area contributed by atoms with Crippen LogP contribution in [0.4, 0.5) is 18.9 Å². The Hall–Kier alpha value is -2.02. The molecule has 1 heterocycles. The minimum atomic E-state index is -4.95. The van der Waals surface area contributed by atoms with E-state index >= 15 is 0 Å². The summed E-state index contributed by atoms with van der Waals surface area (Å²) in [6.45, 7) is 7.91. The number of carbonyl (C=O) groups is 1. The number of rotatable bonds is 4. The van der Waals surface area contributed by atoms with Crippen molar-refractivity contribution in [3.05, 3.63) is 36.4 Å². The van der Waals surface area contributed by atoms with Gasteiger partial charge in [-0.05, 0) is 32.0 Å². The number of hydrogen-bond donors (Lipinski definition) is 1. The van der Waals surface area contributed by atoms with Gasteiger partial charge < -0.3 is 14.8 Å². The first-order chi connectivity index (χ1) is 10.7. The molecular formula is C16H18F3NO3. The molecule has 1 amide bonds. The van der Waals surface area contributed by atoms with Crippen molar-refractivity contribution < 1.29 is 27.4 Å². The summed E-state index contributed by atoms with van der Waals surface area (Å²) in [5.41, 5.74) is -0.289. The van der Waals surface area contributed by atoms with Crippen LogP contribution in [0, 0.1) is 0 Å². The Morgan fingerprint density at radius 1 is 1.48 bits per heavy atom. The van der Waals surface area contributed by atoms with Gasteiger partial charge in [-0.3, -0.25) is 4.79 Å². The van der Waals surface area contributed by atoms with Crippen molar-refractivity contribution in [3.8, 4) is 5.75 Å². The number of anilines is 1. The molecule has 23 heavy (non-hydrogen) atoms. The van der Waals surface area contributed by atoms with Crippen LogP contribution in [0.5, 0.6) is 5.75 Å². The number of alkyl halides is 3. The van der Waals surface area contributed by atoms with Crippen LogP contribution in [0.1, 0.15) is 25.8 Å². The number of ether oxygens (including phenoxy) is 2. The van der Waals surface area contributed by atoms with E-state index < -0.39 is 17.7 Å². The molecule has 0 saturated carbocycles. The van der Waals surface area contributed by atoms with Crippen molar-refractivity contribution in [3.63, 3.8) is 0 Å². The lowest BCUT2D eigenvalue weighted by Crippen LogP contribution is -2.36. The fourth-order valence-corrected chi connectivity index (χ4v) is 2.52. The lowest BCUT2D eigenvalue weighted by Gasteiger charge is -2.38. The Kier molecular flexibility index (Phi) is 4.70. The van der Waals surface area contributed by atoms with Gasteiger partial charge in [-0.15, -0.1) is 0 Å². The average Bonchev–Trinajstić information content (AvgIpc) is 2.46. The second kappa shape index (κ2) is 6.23. The highest BCUT2D eigenvalue weighted by molar-refractivity contribution is 5.95. The van der Waals surface area contributed by atoms with Crippen LogP contribution in [0.25, 0.3) is 0 Å². The number of benzene rings is 1. The first-order valence-electron chi connectivity index (χ1n) is 7.15.